The van der Waals surface area contributed by atoms with E-state index in [1.165, 1.54) is 0 Å². The highest BCUT2D eigenvalue weighted by Crippen LogP contribution is 1.96. The van der Waals surface area contributed by atoms with Gasteiger partial charge in [0.05, 0.1) is 6.73 Å². The van der Waals surface area contributed by atoms with Crippen molar-refractivity contribution in [1.29, 1.82) is 0 Å². The fourth-order valence-corrected chi connectivity index (χ4v) is 0.289. The molecule has 0 saturated heterocycles. The van der Waals surface area contributed by atoms with Crippen LogP contribution in [0.25, 0.3) is 0 Å². The largest absolute Gasteiger partial charge is 0.370 e. The predicted octanol–water partition coefficient (Wildman–Crippen LogP) is 0.978. The molecule has 2 heteroatoms. The van der Waals surface area contributed by atoms with Gasteiger partial charge in [-0.15, -0.1) is 0 Å². The van der Waals surface area contributed by atoms with Crippen LogP contribution in [0.2, 0.25) is 0 Å². The van der Waals surface area contributed by atoms with Crippen LogP contribution in [-0.4, -0.2) is 19.4 Å². The van der Waals surface area contributed by atoms with E-state index in [0.29, 0.717) is 6.73 Å². The average Bonchev–Trinajstić information content (AvgIpc) is 1.59. The van der Waals surface area contributed by atoms with Gasteiger partial charge in [-0.3, -0.25) is 5.32 Å². The summed E-state index contributed by atoms with van der Waals surface area (Å²) in [6.45, 7) is 6.94. The Balaban J connectivity index is 3.11. The summed E-state index contributed by atoms with van der Waals surface area (Å²) in [5.41, 5.74) is 0.177. The number of hydrogen-bond acceptors (Lipinski definition) is 2. The van der Waals surface area contributed by atoms with Crippen LogP contribution in [0.15, 0.2) is 0 Å². The monoisotopic (exact) mass is 117 g/mol. The molecule has 0 amide bonds. The zero-order chi connectivity index (χ0) is 6.62. The van der Waals surface area contributed by atoms with Crippen LogP contribution in [0.1, 0.15) is 20.8 Å². The van der Waals surface area contributed by atoms with E-state index >= 15 is 0 Å². The third-order valence-electron chi connectivity index (χ3n) is 0.747. The molecule has 0 aliphatic rings. The summed E-state index contributed by atoms with van der Waals surface area (Å²) in [6.07, 6.45) is 0. The van der Waals surface area contributed by atoms with Crippen molar-refractivity contribution < 1.29 is 4.74 Å². The molecule has 0 radical (unpaired) electrons. The van der Waals surface area contributed by atoms with Gasteiger partial charge in [-0.05, 0) is 20.8 Å². The molecule has 0 aromatic heterocycles. The van der Waals surface area contributed by atoms with Gasteiger partial charge >= 0.3 is 0 Å². The van der Waals surface area contributed by atoms with Gasteiger partial charge in [-0.2, -0.15) is 0 Å². The molecule has 0 unspecified atom stereocenters. The van der Waals surface area contributed by atoms with Crippen molar-refractivity contribution in [2.24, 2.45) is 0 Å². The Labute approximate surface area is 51.2 Å². The maximum Gasteiger partial charge on any atom is 0.0965 e. The van der Waals surface area contributed by atoms with Crippen LogP contribution in [0.4, 0.5) is 0 Å². The standard InChI is InChI=1S/C6H15NO/c1-6(2,3)7-5-8-4/h7H,5H2,1-4H3. The van der Waals surface area contributed by atoms with E-state index in [0.717, 1.165) is 0 Å². The number of nitrogens with one attached hydrogen (secondary N) is 1. The molecule has 0 aromatic carbocycles. The second kappa shape index (κ2) is 3.05. The summed E-state index contributed by atoms with van der Waals surface area (Å²) in [6, 6.07) is 0. The van der Waals surface area contributed by atoms with Crippen molar-refractivity contribution in [3.8, 4) is 0 Å². The molecular formula is C6H15NO. The molecule has 0 aromatic rings. The van der Waals surface area contributed by atoms with E-state index in [-0.39, 0.29) is 5.54 Å². The Morgan fingerprint density at radius 2 is 1.88 bits per heavy atom. The quantitative estimate of drug-likeness (QED) is 0.544. The highest BCUT2D eigenvalue weighted by atomic mass is 16.5. The van der Waals surface area contributed by atoms with E-state index < -0.39 is 0 Å². The summed E-state index contributed by atoms with van der Waals surface area (Å²) in [7, 11) is 1.68. The molecule has 0 aliphatic carbocycles. The zero-order valence-electron chi connectivity index (χ0n) is 6.12. The van der Waals surface area contributed by atoms with Gasteiger partial charge in [0.2, 0.25) is 0 Å². The van der Waals surface area contributed by atoms with Crippen LogP contribution in [0.5, 0.6) is 0 Å². The van der Waals surface area contributed by atoms with Gasteiger partial charge in [0, 0.05) is 12.6 Å². The lowest BCUT2D eigenvalue weighted by atomic mass is 10.1. The number of hydrogen-bond donors (Lipinski definition) is 1. The van der Waals surface area contributed by atoms with Crippen molar-refractivity contribution in [2.45, 2.75) is 26.3 Å². The van der Waals surface area contributed by atoms with Gasteiger partial charge in [-0.1, -0.05) is 0 Å². The van der Waals surface area contributed by atoms with E-state index in [4.69, 9.17) is 4.74 Å². The molecule has 0 bridgehead atoms. The van der Waals surface area contributed by atoms with Crippen molar-refractivity contribution >= 4 is 0 Å². The minimum absolute atomic E-state index is 0.177. The third-order valence-corrected chi connectivity index (χ3v) is 0.747. The van der Waals surface area contributed by atoms with Gasteiger partial charge in [0.15, 0.2) is 0 Å². The van der Waals surface area contributed by atoms with E-state index in [2.05, 4.69) is 26.1 Å². The fourth-order valence-electron chi connectivity index (χ4n) is 0.289. The molecule has 0 saturated carbocycles. The highest BCUT2D eigenvalue weighted by Gasteiger charge is 2.05. The second-order valence-electron chi connectivity index (χ2n) is 2.86. The van der Waals surface area contributed by atoms with E-state index in [1.807, 2.05) is 0 Å². The maximum absolute atomic E-state index is 4.81. The molecule has 0 rings (SSSR count). The minimum Gasteiger partial charge on any atom is -0.370 e. The Bertz CT molecular complexity index is 56.0. The number of methoxy groups -OCH3 is 1. The Morgan fingerprint density at radius 3 is 2.00 bits per heavy atom. The molecule has 2 nitrogen and oxygen atoms in total. The normalized spacial score (nSPS) is 12.0. The van der Waals surface area contributed by atoms with Crippen LogP contribution < -0.4 is 5.32 Å². The first kappa shape index (κ1) is 7.92. The SMILES string of the molecule is COCNC(C)(C)C. The molecule has 1 N–H and O–H groups in total. The molecule has 50 valence electrons. The minimum atomic E-state index is 0.177. The van der Waals surface area contributed by atoms with Crippen molar-refractivity contribution in [3.05, 3.63) is 0 Å². The molecule has 0 heterocycles. The van der Waals surface area contributed by atoms with Gasteiger partial charge in [-0.25, -0.2) is 0 Å². The number of rotatable bonds is 2. The van der Waals surface area contributed by atoms with Crippen LogP contribution in [-0.2, 0) is 4.74 Å². The molecule has 0 aliphatic heterocycles. The topological polar surface area (TPSA) is 21.3 Å². The van der Waals surface area contributed by atoms with Gasteiger partial charge in [0.1, 0.15) is 0 Å². The van der Waals surface area contributed by atoms with Crippen molar-refractivity contribution in [1.82, 2.24) is 5.32 Å². The first-order valence-electron chi connectivity index (χ1n) is 2.80. The maximum atomic E-state index is 4.81. The lowest BCUT2D eigenvalue weighted by Gasteiger charge is -2.19. The van der Waals surface area contributed by atoms with Crippen molar-refractivity contribution in [2.75, 3.05) is 13.8 Å². The zero-order valence-corrected chi connectivity index (χ0v) is 6.12. The van der Waals surface area contributed by atoms with Gasteiger partial charge in [0.25, 0.3) is 0 Å². The predicted molar refractivity (Wildman–Crippen MR) is 34.8 cm³/mol. The molecule has 0 fully saturated rings. The second-order valence-corrected chi connectivity index (χ2v) is 2.86. The van der Waals surface area contributed by atoms with Crippen LogP contribution >= 0.6 is 0 Å². The summed E-state index contributed by atoms with van der Waals surface area (Å²) in [5.74, 6) is 0. The average molecular weight is 117 g/mol. The van der Waals surface area contributed by atoms with Crippen molar-refractivity contribution in [3.63, 3.8) is 0 Å². The lowest BCUT2D eigenvalue weighted by Crippen LogP contribution is -2.36. The first-order chi connectivity index (χ1) is 3.56. The number of ether oxygens (including phenoxy) is 1. The van der Waals surface area contributed by atoms with E-state index in [9.17, 15) is 0 Å². The van der Waals surface area contributed by atoms with Crippen LogP contribution in [0.3, 0.4) is 0 Å². The summed E-state index contributed by atoms with van der Waals surface area (Å²) < 4.78 is 4.81. The van der Waals surface area contributed by atoms with E-state index in [1.54, 1.807) is 7.11 Å². The Hall–Kier alpha value is -0.0800. The highest BCUT2D eigenvalue weighted by molar-refractivity contribution is 4.66. The summed E-state index contributed by atoms with van der Waals surface area (Å²) >= 11 is 0. The van der Waals surface area contributed by atoms with Crippen LogP contribution in [0, 0.1) is 0 Å². The first-order valence-corrected chi connectivity index (χ1v) is 2.80. The smallest absolute Gasteiger partial charge is 0.0965 e. The summed E-state index contributed by atoms with van der Waals surface area (Å²) in [4.78, 5) is 0. The van der Waals surface area contributed by atoms with Gasteiger partial charge < -0.3 is 4.74 Å². The molecular weight excluding hydrogens is 102 g/mol. The Morgan fingerprint density at radius 1 is 1.38 bits per heavy atom. The Kier molecular flexibility index (Phi) is 3.02. The fraction of sp³-hybridized carbons (Fsp3) is 1.00. The lowest BCUT2D eigenvalue weighted by molar-refractivity contribution is 0.150. The third kappa shape index (κ3) is 5.92. The summed E-state index contributed by atoms with van der Waals surface area (Å²) in [5, 5.41) is 3.15. The molecule has 0 spiro atoms. The molecule has 8 heavy (non-hydrogen) atoms. The molecule has 0 atom stereocenters.